The van der Waals surface area contributed by atoms with E-state index in [4.69, 9.17) is 21.1 Å². The molecule has 2 aromatic carbocycles. The Morgan fingerprint density at radius 1 is 1.14 bits per heavy atom. The van der Waals surface area contributed by atoms with E-state index >= 15 is 0 Å². The lowest BCUT2D eigenvalue weighted by molar-refractivity contribution is 0.103. The Labute approximate surface area is 174 Å². The summed E-state index contributed by atoms with van der Waals surface area (Å²) in [6.07, 6.45) is 0. The van der Waals surface area contributed by atoms with Crippen LogP contribution in [0.25, 0.3) is 21.3 Å². The minimum absolute atomic E-state index is 0.270. The summed E-state index contributed by atoms with van der Waals surface area (Å²) >= 11 is 9.10. The molecule has 5 nitrogen and oxygen atoms in total. The lowest BCUT2D eigenvalue weighted by Gasteiger charge is -2.08. The van der Waals surface area contributed by atoms with Crippen molar-refractivity contribution in [2.75, 3.05) is 19.5 Å². The predicted molar refractivity (Wildman–Crippen MR) is 115 cm³/mol. The molecule has 0 fully saturated rings. The first kappa shape index (κ1) is 18.7. The number of methoxy groups -OCH3 is 2. The number of carbonyl (C=O) groups excluding carboxylic acids is 1. The Hall–Kier alpha value is -2.61. The topological polar surface area (TPSA) is 60.5 Å². The Morgan fingerprint density at radius 3 is 2.71 bits per heavy atom. The number of hydrogen-bond acceptors (Lipinski definition) is 6. The summed E-state index contributed by atoms with van der Waals surface area (Å²) in [6.45, 7) is 0. The van der Waals surface area contributed by atoms with Crippen molar-refractivity contribution in [2.45, 2.75) is 0 Å². The van der Waals surface area contributed by atoms with Crippen LogP contribution in [0.5, 0.6) is 11.5 Å². The minimum atomic E-state index is -0.270. The van der Waals surface area contributed by atoms with Gasteiger partial charge in [0.1, 0.15) is 16.4 Å². The van der Waals surface area contributed by atoms with E-state index < -0.39 is 0 Å². The minimum Gasteiger partial charge on any atom is -0.497 e. The fourth-order valence-electron chi connectivity index (χ4n) is 2.78. The summed E-state index contributed by atoms with van der Waals surface area (Å²) in [7, 11) is 3.20. The van der Waals surface area contributed by atoms with Gasteiger partial charge < -0.3 is 9.47 Å². The Balaban J connectivity index is 1.60. The Morgan fingerprint density at radius 2 is 1.96 bits per heavy atom. The molecule has 2 aromatic heterocycles. The number of halogens is 1. The molecule has 0 atom stereocenters. The maximum Gasteiger partial charge on any atom is 0.269 e. The van der Waals surface area contributed by atoms with Crippen LogP contribution < -0.4 is 14.8 Å². The van der Waals surface area contributed by atoms with Crippen LogP contribution in [0.15, 0.2) is 47.8 Å². The van der Waals surface area contributed by atoms with Gasteiger partial charge in [-0.05, 0) is 18.2 Å². The van der Waals surface area contributed by atoms with Crippen LogP contribution in [-0.2, 0) is 0 Å². The number of fused-ring (bicyclic) bond motifs is 1. The molecule has 0 aliphatic rings. The summed E-state index contributed by atoms with van der Waals surface area (Å²) in [4.78, 5) is 17.7. The number of hydrogen-bond donors (Lipinski definition) is 1. The second kappa shape index (κ2) is 7.79. The number of nitrogens with zero attached hydrogens (tertiary/aromatic N) is 1. The molecule has 0 aliphatic carbocycles. The fraction of sp³-hybridized carbons (Fsp3) is 0.100. The van der Waals surface area contributed by atoms with Crippen molar-refractivity contribution in [2.24, 2.45) is 0 Å². The zero-order valence-corrected chi connectivity index (χ0v) is 17.4. The number of ether oxygens (including phenoxy) is 2. The van der Waals surface area contributed by atoms with Crippen molar-refractivity contribution in [1.29, 1.82) is 0 Å². The van der Waals surface area contributed by atoms with Crippen molar-refractivity contribution in [1.82, 2.24) is 4.98 Å². The first-order valence-corrected chi connectivity index (χ1v) is 10.3. The van der Waals surface area contributed by atoms with E-state index in [1.807, 2.05) is 41.8 Å². The largest absolute Gasteiger partial charge is 0.497 e. The number of thiophene rings is 1. The molecule has 0 aliphatic heterocycles. The monoisotopic (exact) mass is 430 g/mol. The van der Waals surface area contributed by atoms with Gasteiger partial charge in [-0.15, -0.1) is 22.7 Å². The van der Waals surface area contributed by atoms with E-state index in [1.165, 1.54) is 22.7 Å². The van der Waals surface area contributed by atoms with E-state index in [0.717, 1.165) is 15.6 Å². The van der Waals surface area contributed by atoms with Crippen molar-refractivity contribution in [3.8, 4) is 22.8 Å². The van der Waals surface area contributed by atoms with Gasteiger partial charge in [0.15, 0.2) is 5.13 Å². The smallest absolute Gasteiger partial charge is 0.269 e. The molecule has 28 heavy (non-hydrogen) atoms. The molecule has 4 aromatic rings. The summed E-state index contributed by atoms with van der Waals surface area (Å²) in [6, 6.07) is 13.2. The van der Waals surface area contributed by atoms with E-state index in [0.29, 0.717) is 32.2 Å². The van der Waals surface area contributed by atoms with Crippen LogP contribution in [0.3, 0.4) is 0 Å². The number of anilines is 1. The van der Waals surface area contributed by atoms with Gasteiger partial charge in [0.05, 0.1) is 24.9 Å². The van der Waals surface area contributed by atoms with Gasteiger partial charge in [-0.2, -0.15) is 0 Å². The summed E-state index contributed by atoms with van der Waals surface area (Å²) < 4.78 is 11.6. The lowest BCUT2D eigenvalue weighted by Crippen LogP contribution is -2.10. The van der Waals surface area contributed by atoms with Crippen LogP contribution in [-0.4, -0.2) is 25.1 Å². The standard InChI is InChI=1S/C20H15ClN2O3S2/c1-25-11-7-8-12(15(9-11)26-2)14-10-27-20(22-14)23-19(24)18-17(21)13-5-3-4-6-16(13)28-18/h3-10H,1-2H3,(H,22,23,24). The zero-order chi connectivity index (χ0) is 19.7. The normalized spacial score (nSPS) is 10.8. The Kier molecular flexibility index (Phi) is 5.21. The highest BCUT2D eigenvalue weighted by Crippen LogP contribution is 2.37. The van der Waals surface area contributed by atoms with Gasteiger partial charge in [-0.1, -0.05) is 29.8 Å². The molecule has 1 N–H and O–H groups in total. The molecule has 0 saturated carbocycles. The van der Waals surface area contributed by atoms with Crippen LogP contribution in [0.4, 0.5) is 5.13 Å². The van der Waals surface area contributed by atoms with Crippen molar-refractivity contribution in [3.63, 3.8) is 0 Å². The third-order valence-electron chi connectivity index (χ3n) is 4.15. The second-order valence-electron chi connectivity index (χ2n) is 5.80. The first-order chi connectivity index (χ1) is 13.6. The molecule has 1 amide bonds. The molecule has 0 saturated heterocycles. The lowest BCUT2D eigenvalue weighted by atomic mass is 10.1. The number of thiazole rings is 1. The average Bonchev–Trinajstić information content (AvgIpc) is 3.32. The van der Waals surface area contributed by atoms with Gasteiger partial charge in [0.25, 0.3) is 5.91 Å². The van der Waals surface area contributed by atoms with E-state index in [1.54, 1.807) is 20.3 Å². The number of benzene rings is 2. The molecule has 4 rings (SSSR count). The molecule has 0 unspecified atom stereocenters. The Bertz CT molecular complexity index is 1170. The highest BCUT2D eigenvalue weighted by Gasteiger charge is 2.19. The fourth-order valence-corrected chi connectivity index (χ4v) is 4.90. The van der Waals surface area contributed by atoms with Crippen LogP contribution in [0.1, 0.15) is 9.67 Å². The van der Waals surface area contributed by atoms with Crippen molar-refractivity contribution >= 4 is 55.4 Å². The van der Waals surface area contributed by atoms with Crippen LogP contribution in [0, 0.1) is 0 Å². The molecule has 0 spiro atoms. The number of aromatic nitrogens is 1. The molecular formula is C20H15ClN2O3S2. The third-order valence-corrected chi connectivity index (χ3v) is 6.58. The average molecular weight is 431 g/mol. The SMILES string of the molecule is COc1ccc(-c2csc(NC(=O)c3sc4ccccc4c3Cl)n2)c(OC)c1. The summed E-state index contributed by atoms with van der Waals surface area (Å²) in [5.74, 6) is 1.08. The van der Waals surface area contributed by atoms with Gasteiger partial charge in [0, 0.05) is 27.1 Å². The second-order valence-corrected chi connectivity index (χ2v) is 8.09. The maximum absolute atomic E-state index is 12.7. The van der Waals surface area contributed by atoms with Crippen molar-refractivity contribution in [3.05, 3.63) is 57.7 Å². The van der Waals surface area contributed by atoms with E-state index in [2.05, 4.69) is 10.3 Å². The maximum atomic E-state index is 12.7. The number of amides is 1. The third kappa shape index (κ3) is 3.44. The van der Waals surface area contributed by atoms with E-state index in [-0.39, 0.29) is 5.91 Å². The quantitative estimate of drug-likeness (QED) is 0.425. The number of carbonyl (C=O) groups is 1. The van der Waals surface area contributed by atoms with Gasteiger partial charge in [-0.3, -0.25) is 10.1 Å². The number of nitrogens with one attached hydrogen (secondary N) is 1. The van der Waals surface area contributed by atoms with E-state index in [9.17, 15) is 4.79 Å². The summed E-state index contributed by atoms with van der Waals surface area (Å²) in [5, 5.41) is 6.54. The molecule has 8 heteroatoms. The van der Waals surface area contributed by atoms with Gasteiger partial charge in [-0.25, -0.2) is 4.98 Å². The zero-order valence-electron chi connectivity index (χ0n) is 15.0. The highest BCUT2D eigenvalue weighted by molar-refractivity contribution is 7.21. The van der Waals surface area contributed by atoms with Gasteiger partial charge in [0.2, 0.25) is 0 Å². The molecule has 142 valence electrons. The first-order valence-electron chi connectivity index (χ1n) is 8.27. The molecule has 0 radical (unpaired) electrons. The van der Waals surface area contributed by atoms with Crippen LogP contribution in [0.2, 0.25) is 5.02 Å². The van der Waals surface area contributed by atoms with Crippen LogP contribution >= 0.6 is 34.3 Å². The number of rotatable bonds is 5. The van der Waals surface area contributed by atoms with Gasteiger partial charge >= 0.3 is 0 Å². The summed E-state index contributed by atoms with van der Waals surface area (Å²) in [5.41, 5.74) is 1.53. The van der Waals surface area contributed by atoms with Crippen molar-refractivity contribution < 1.29 is 14.3 Å². The molecular weight excluding hydrogens is 416 g/mol. The molecule has 2 heterocycles. The highest BCUT2D eigenvalue weighted by atomic mass is 35.5. The predicted octanol–water partition coefficient (Wildman–Crippen LogP) is 5.95. The molecule has 0 bridgehead atoms.